The van der Waals surface area contributed by atoms with E-state index in [9.17, 15) is 12.8 Å². The third-order valence-corrected chi connectivity index (χ3v) is 4.25. The summed E-state index contributed by atoms with van der Waals surface area (Å²) in [5.74, 6) is -0.835. The Morgan fingerprint density at radius 2 is 2.10 bits per heavy atom. The molecule has 0 amide bonds. The van der Waals surface area contributed by atoms with E-state index in [0.717, 1.165) is 23.3 Å². The van der Waals surface area contributed by atoms with Crippen LogP contribution in [0.15, 0.2) is 41.6 Å². The molecule has 0 saturated carbocycles. The molecule has 20 heavy (non-hydrogen) atoms. The van der Waals surface area contributed by atoms with Gasteiger partial charge >= 0.3 is 0 Å². The maximum absolute atomic E-state index is 13.6. The lowest BCUT2D eigenvalue weighted by Crippen LogP contribution is -2.24. The third kappa shape index (κ3) is 3.12. The molecule has 5 nitrogen and oxygen atoms in total. The van der Waals surface area contributed by atoms with Crippen molar-refractivity contribution in [3.05, 3.63) is 53.6 Å². The third-order valence-electron chi connectivity index (χ3n) is 2.83. The highest BCUT2D eigenvalue weighted by Crippen LogP contribution is 2.18. The van der Waals surface area contributed by atoms with E-state index < -0.39 is 20.7 Å². The molecule has 1 aromatic carbocycles. The molecule has 0 fully saturated rings. The molecule has 106 valence electrons. The first-order valence-corrected chi connectivity index (χ1v) is 7.32. The first-order chi connectivity index (χ1) is 9.40. The fourth-order valence-corrected chi connectivity index (χ4v) is 2.79. The van der Waals surface area contributed by atoms with Gasteiger partial charge in [0.15, 0.2) is 0 Å². The van der Waals surface area contributed by atoms with Crippen LogP contribution in [0.4, 0.5) is 10.1 Å². The monoisotopic (exact) mass is 295 g/mol. The average Bonchev–Trinajstić information content (AvgIpc) is 2.40. The van der Waals surface area contributed by atoms with E-state index in [2.05, 4.69) is 9.71 Å². The van der Waals surface area contributed by atoms with Crippen LogP contribution in [-0.2, 0) is 16.6 Å². The highest BCUT2D eigenvalue weighted by molar-refractivity contribution is 7.89. The van der Waals surface area contributed by atoms with E-state index in [1.165, 1.54) is 6.07 Å². The lowest BCUT2D eigenvalue weighted by atomic mass is 10.2. The highest BCUT2D eigenvalue weighted by Gasteiger charge is 2.19. The maximum atomic E-state index is 13.6. The van der Waals surface area contributed by atoms with Crippen LogP contribution in [0, 0.1) is 12.7 Å². The van der Waals surface area contributed by atoms with Crippen molar-refractivity contribution in [1.82, 2.24) is 9.71 Å². The summed E-state index contributed by atoms with van der Waals surface area (Å²) in [6.07, 6.45) is 3.20. The van der Waals surface area contributed by atoms with Gasteiger partial charge < -0.3 is 5.73 Å². The molecule has 0 aliphatic heterocycles. The molecule has 0 aliphatic rings. The number of aryl methyl sites for hydroxylation is 1. The maximum Gasteiger partial charge on any atom is 0.243 e. The summed E-state index contributed by atoms with van der Waals surface area (Å²) in [5, 5.41) is 0. The van der Waals surface area contributed by atoms with E-state index in [0.29, 0.717) is 0 Å². The fraction of sp³-hybridized carbons (Fsp3) is 0.154. The molecule has 2 rings (SSSR count). The molecule has 0 radical (unpaired) electrons. The predicted octanol–water partition coefficient (Wildman–Crippen LogP) is 1.59. The number of hydrogen-bond acceptors (Lipinski definition) is 4. The first kappa shape index (κ1) is 14.4. The van der Waals surface area contributed by atoms with Crippen LogP contribution >= 0.6 is 0 Å². The van der Waals surface area contributed by atoms with Gasteiger partial charge in [-0.1, -0.05) is 0 Å². The first-order valence-electron chi connectivity index (χ1n) is 5.84. The minimum absolute atomic E-state index is 0.0604. The molecule has 3 N–H and O–H groups in total. The topological polar surface area (TPSA) is 85.1 Å². The van der Waals surface area contributed by atoms with Gasteiger partial charge in [0.1, 0.15) is 10.7 Å². The number of nitrogen functional groups attached to an aromatic ring is 1. The molecule has 0 unspecified atom stereocenters. The van der Waals surface area contributed by atoms with Crippen LogP contribution in [0.25, 0.3) is 0 Å². The molecule has 0 saturated heterocycles. The molecule has 0 bridgehead atoms. The zero-order valence-corrected chi connectivity index (χ0v) is 11.6. The molecule has 1 heterocycles. The zero-order chi connectivity index (χ0) is 14.8. The normalized spacial score (nSPS) is 11.5. The number of nitrogens with two attached hydrogens (primary N) is 1. The van der Waals surface area contributed by atoms with Crippen molar-refractivity contribution in [2.24, 2.45) is 0 Å². The van der Waals surface area contributed by atoms with Gasteiger partial charge in [-0.2, -0.15) is 0 Å². The van der Waals surface area contributed by atoms with Crippen molar-refractivity contribution in [1.29, 1.82) is 0 Å². The predicted molar refractivity (Wildman–Crippen MR) is 73.8 cm³/mol. The standard InChI is InChI=1S/C13H14FN3O2S/c1-9-7-16-5-4-10(9)8-17-20(18,19)13-6-11(15)2-3-12(13)14/h2-7,17H,8,15H2,1H3. The van der Waals surface area contributed by atoms with E-state index in [1.807, 2.05) is 6.92 Å². The summed E-state index contributed by atoms with van der Waals surface area (Å²) in [7, 11) is -3.95. The summed E-state index contributed by atoms with van der Waals surface area (Å²) in [6.45, 7) is 1.88. The van der Waals surface area contributed by atoms with Gasteiger partial charge in [-0.05, 0) is 42.3 Å². The number of aromatic nitrogens is 1. The summed E-state index contributed by atoms with van der Waals surface area (Å²) in [4.78, 5) is 3.47. The number of halogens is 1. The Hall–Kier alpha value is -1.99. The minimum atomic E-state index is -3.95. The number of rotatable bonds is 4. The van der Waals surface area contributed by atoms with Gasteiger partial charge in [-0.3, -0.25) is 4.98 Å². The number of nitrogens with one attached hydrogen (secondary N) is 1. The van der Waals surface area contributed by atoms with Crippen molar-refractivity contribution in [3.63, 3.8) is 0 Å². The average molecular weight is 295 g/mol. The molecule has 7 heteroatoms. The zero-order valence-electron chi connectivity index (χ0n) is 10.8. The number of benzene rings is 1. The second kappa shape index (κ2) is 5.56. The van der Waals surface area contributed by atoms with Gasteiger partial charge in [-0.15, -0.1) is 0 Å². The van der Waals surface area contributed by atoms with Crippen molar-refractivity contribution < 1.29 is 12.8 Å². The van der Waals surface area contributed by atoms with Gasteiger partial charge in [0.2, 0.25) is 10.0 Å². The quantitative estimate of drug-likeness (QED) is 0.839. The lowest BCUT2D eigenvalue weighted by Gasteiger charge is -2.09. The number of nitrogens with zero attached hydrogens (tertiary/aromatic N) is 1. The minimum Gasteiger partial charge on any atom is -0.399 e. The van der Waals surface area contributed by atoms with E-state index in [-0.39, 0.29) is 12.2 Å². The van der Waals surface area contributed by atoms with Gasteiger partial charge in [0.05, 0.1) is 0 Å². The largest absolute Gasteiger partial charge is 0.399 e. The van der Waals surface area contributed by atoms with Crippen LogP contribution in [0.1, 0.15) is 11.1 Å². The Balaban J connectivity index is 2.24. The molecule has 2 aromatic rings. The SMILES string of the molecule is Cc1cnccc1CNS(=O)(=O)c1cc(N)ccc1F. The molecular formula is C13H14FN3O2S. The van der Waals surface area contributed by atoms with Crippen molar-refractivity contribution >= 4 is 15.7 Å². The summed E-state index contributed by atoms with van der Waals surface area (Å²) < 4.78 is 40.1. The van der Waals surface area contributed by atoms with Crippen molar-refractivity contribution in [2.45, 2.75) is 18.4 Å². The Kier molecular flexibility index (Phi) is 4.01. The Labute approximate surface area is 116 Å². The molecule has 0 spiro atoms. The second-order valence-electron chi connectivity index (χ2n) is 4.32. The van der Waals surface area contributed by atoms with Gasteiger partial charge in [0.25, 0.3) is 0 Å². The highest BCUT2D eigenvalue weighted by atomic mass is 32.2. The van der Waals surface area contributed by atoms with E-state index in [4.69, 9.17) is 5.73 Å². The van der Waals surface area contributed by atoms with E-state index >= 15 is 0 Å². The summed E-state index contributed by atoms with van der Waals surface area (Å²) in [5.41, 5.74) is 7.30. The fourth-order valence-electron chi connectivity index (χ4n) is 1.68. The Morgan fingerprint density at radius 3 is 2.80 bits per heavy atom. The molecular weight excluding hydrogens is 281 g/mol. The van der Waals surface area contributed by atoms with Crippen LogP contribution in [0.3, 0.4) is 0 Å². The number of pyridine rings is 1. The van der Waals surface area contributed by atoms with Gasteiger partial charge in [-0.25, -0.2) is 17.5 Å². The van der Waals surface area contributed by atoms with Crippen LogP contribution in [0.2, 0.25) is 0 Å². The van der Waals surface area contributed by atoms with E-state index in [1.54, 1.807) is 18.5 Å². The van der Waals surface area contributed by atoms with Crippen molar-refractivity contribution in [2.75, 3.05) is 5.73 Å². The molecule has 1 aromatic heterocycles. The van der Waals surface area contributed by atoms with Crippen LogP contribution in [-0.4, -0.2) is 13.4 Å². The number of sulfonamides is 1. The molecule has 0 aliphatic carbocycles. The Morgan fingerprint density at radius 1 is 1.35 bits per heavy atom. The second-order valence-corrected chi connectivity index (χ2v) is 6.05. The summed E-state index contributed by atoms with van der Waals surface area (Å²) in [6, 6.07) is 5.13. The molecule has 0 atom stereocenters. The number of hydrogen-bond donors (Lipinski definition) is 2. The van der Waals surface area contributed by atoms with Crippen LogP contribution < -0.4 is 10.5 Å². The summed E-state index contributed by atoms with van der Waals surface area (Å²) >= 11 is 0. The van der Waals surface area contributed by atoms with Gasteiger partial charge in [0, 0.05) is 24.6 Å². The van der Waals surface area contributed by atoms with Crippen LogP contribution in [0.5, 0.6) is 0 Å². The smallest absolute Gasteiger partial charge is 0.243 e. The Bertz CT molecular complexity index is 732. The van der Waals surface area contributed by atoms with Crippen molar-refractivity contribution in [3.8, 4) is 0 Å². The number of anilines is 1. The lowest BCUT2D eigenvalue weighted by molar-refractivity contribution is 0.557.